The fraction of sp³-hybridized carbons (Fsp3) is 0.536. The minimum absolute atomic E-state index is 0.160. The van der Waals surface area contributed by atoms with E-state index in [4.69, 9.17) is 5.26 Å². The van der Waals surface area contributed by atoms with Crippen LogP contribution in [-0.2, 0) is 13.0 Å². The van der Waals surface area contributed by atoms with Crippen molar-refractivity contribution in [3.8, 4) is 6.07 Å². The molecule has 4 unspecified atom stereocenters. The van der Waals surface area contributed by atoms with Crippen LogP contribution in [0, 0.1) is 11.3 Å². The second kappa shape index (κ2) is 13.3. The van der Waals surface area contributed by atoms with E-state index in [1.165, 1.54) is 18.1 Å². The minimum Gasteiger partial charge on any atom is -0.294 e. The van der Waals surface area contributed by atoms with E-state index in [1.54, 1.807) is 6.07 Å². The summed E-state index contributed by atoms with van der Waals surface area (Å²) < 4.78 is 27.1. The first-order valence-electron chi connectivity index (χ1n) is 11.8. The number of alkyl halides is 2. The molecule has 0 radical (unpaired) electrons. The summed E-state index contributed by atoms with van der Waals surface area (Å²) in [5.41, 5.74) is 3.83. The lowest BCUT2D eigenvalue weighted by Gasteiger charge is -2.33. The second-order valence-electron chi connectivity index (χ2n) is 9.15. The van der Waals surface area contributed by atoms with Crippen LogP contribution < -0.4 is 0 Å². The Morgan fingerprint density at radius 2 is 1.56 bits per heavy atom. The van der Waals surface area contributed by atoms with Gasteiger partial charge in [-0.2, -0.15) is 5.26 Å². The third-order valence-corrected chi connectivity index (χ3v) is 6.43. The number of halogens is 2. The Labute approximate surface area is 193 Å². The van der Waals surface area contributed by atoms with E-state index in [0.717, 1.165) is 31.4 Å². The van der Waals surface area contributed by atoms with Crippen molar-refractivity contribution in [2.24, 2.45) is 0 Å². The van der Waals surface area contributed by atoms with Crippen molar-refractivity contribution in [3.05, 3.63) is 71.3 Å². The molecule has 2 aromatic rings. The largest absolute Gasteiger partial charge is 0.294 e. The predicted octanol–water partition coefficient (Wildman–Crippen LogP) is 7.39. The molecular weight excluding hydrogens is 402 g/mol. The van der Waals surface area contributed by atoms with E-state index >= 15 is 0 Å². The number of nitriles is 1. The molecule has 1 aliphatic carbocycles. The molecule has 0 spiro atoms. The Kier molecular flexibility index (Phi) is 10.8. The van der Waals surface area contributed by atoms with Gasteiger partial charge in [-0.1, -0.05) is 54.6 Å². The molecule has 0 N–H and O–H groups in total. The maximum Gasteiger partial charge on any atom is 0.132 e. The SMILES string of the molecule is CC#N.CC(C)N(Cc1ccccc1)C(C)CCc1ccc(C2CCC(F)C(F)C2)cc1. The van der Waals surface area contributed by atoms with Crippen molar-refractivity contribution in [1.82, 2.24) is 4.90 Å². The molecule has 3 rings (SSSR count). The van der Waals surface area contributed by atoms with Crippen LogP contribution in [0.2, 0.25) is 0 Å². The van der Waals surface area contributed by atoms with Crippen LogP contribution in [-0.4, -0.2) is 29.3 Å². The van der Waals surface area contributed by atoms with Gasteiger partial charge in [0.05, 0.1) is 6.07 Å². The van der Waals surface area contributed by atoms with Crippen molar-refractivity contribution < 1.29 is 8.78 Å². The van der Waals surface area contributed by atoms with Gasteiger partial charge in [-0.15, -0.1) is 0 Å². The predicted molar refractivity (Wildman–Crippen MR) is 129 cm³/mol. The minimum atomic E-state index is -1.30. The molecule has 4 atom stereocenters. The van der Waals surface area contributed by atoms with Crippen molar-refractivity contribution >= 4 is 0 Å². The highest BCUT2D eigenvalue weighted by atomic mass is 19.2. The zero-order chi connectivity index (χ0) is 23.5. The lowest BCUT2D eigenvalue weighted by Crippen LogP contribution is -2.38. The van der Waals surface area contributed by atoms with Gasteiger partial charge in [0.15, 0.2) is 0 Å². The van der Waals surface area contributed by atoms with Crippen molar-refractivity contribution in [2.45, 2.75) is 96.7 Å². The molecule has 0 aromatic heterocycles. The molecule has 0 aliphatic heterocycles. The van der Waals surface area contributed by atoms with Crippen molar-refractivity contribution in [1.29, 1.82) is 5.26 Å². The molecular formula is C28H38F2N2. The number of benzene rings is 2. The molecule has 0 amide bonds. The van der Waals surface area contributed by atoms with Crippen LogP contribution in [0.1, 0.15) is 76.0 Å². The summed E-state index contributed by atoms with van der Waals surface area (Å²) in [6.07, 6.45) is 0.970. The smallest absolute Gasteiger partial charge is 0.132 e. The third kappa shape index (κ3) is 8.02. The van der Waals surface area contributed by atoms with Crippen molar-refractivity contribution in [2.75, 3.05) is 0 Å². The van der Waals surface area contributed by atoms with Crippen LogP contribution in [0.3, 0.4) is 0 Å². The van der Waals surface area contributed by atoms with E-state index in [1.807, 2.05) is 0 Å². The van der Waals surface area contributed by atoms with Gasteiger partial charge in [-0.25, -0.2) is 8.78 Å². The van der Waals surface area contributed by atoms with Gasteiger partial charge < -0.3 is 0 Å². The van der Waals surface area contributed by atoms with Gasteiger partial charge in [0.2, 0.25) is 0 Å². The molecule has 1 saturated carbocycles. The molecule has 4 heteroatoms. The van der Waals surface area contributed by atoms with E-state index in [-0.39, 0.29) is 5.92 Å². The maximum atomic E-state index is 13.7. The first-order valence-corrected chi connectivity index (χ1v) is 11.8. The molecule has 1 fully saturated rings. The number of hydrogen-bond donors (Lipinski definition) is 0. The molecule has 0 heterocycles. The summed E-state index contributed by atoms with van der Waals surface area (Å²) in [6, 6.07) is 22.0. The molecule has 32 heavy (non-hydrogen) atoms. The highest BCUT2D eigenvalue weighted by Gasteiger charge is 2.31. The average molecular weight is 441 g/mol. The summed E-state index contributed by atoms with van der Waals surface area (Å²) >= 11 is 0. The highest BCUT2D eigenvalue weighted by molar-refractivity contribution is 5.26. The lowest BCUT2D eigenvalue weighted by molar-refractivity contribution is 0.108. The monoisotopic (exact) mass is 440 g/mol. The summed E-state index contributed by atoms with van der Waals surface area (Å²) in [6.45, 7) is 9.24. The Bertz CT molecular complexity index is 814. The Morgan fingerprint density at radius 3 is 2.12 bits per heavy atom. The first kappa shape index (κ1) is 26.0. The molecule has 174 valence electrons. The van der Waals surface area contributed by atoms with Crippen LogP contribution >= 0.6 is 0 Å². The lowest BCUT2D eigenvalue weighted by atomic mass is 9.82. The molecule has 2 nitrogen and oxygen atoms in total. The normalized spacial score (nSPS) is 21.5. The zero-order valence-electron chi connectivity index (χ0n) is 20.0. The fourth-order valence-electron chi connectivity index (χ4n) is 4.52. The van der Waals surface area contributed by atoms with E-state index in [9.17, 15) is 8.78 Å². The van der Waals surface area contributed by atoms with Gasteiger partial charge >= 0.3 is 0 Å². The van der Waals surface area contributed by atoms with E-state index in [2.05, 4.69) is 80.3 Å². The van der Waals surface area contributed by atoms with Crippen LogP contribution in [0.25, 0.3) is 0 Å². The number of nitrogens with zero attached hydrogens (tertiary/aromatic N) is 2. The molecule has 0 bridgehead atoms. The third-order valence-electron chi connectivity index (χ3n) is 6.43. The van der Waals surface area contributed by atoms with Crippen LogP contribution in [0.5, 0.6) is 0 Å². The standard InChI is InChI=1S/C26H35F2N.C2H3N/c1-19(2)29(18-22-7-5-4-6-8-22)20(3)9-10-21-11-13-23(14-12-21)24-15-16-25(27)26(28)17-24;1-2-3/h4-8,11-14,19-20,24-26H,9-10,15-18H2,1-3H3;1H3. The first-order chi connectivity index (χ1) is 15.3. The van der Waals surface area contributed by atoms with Crippen LogP contribution in [0.15, 0.2) is 54.6 Å². The zero-order valence-corrected chi connectivity index (χ0v) is 20.0. The van der Waals surface area contributed by atoms with Crippen LogP contribution in [0.4, 0.5) is 8.78 Å². The Morgan fingerprint density at radius 1 is 0.938 bits per heavy atom. The molecule has 0 saturated heterocycles. The summed E-state index contributed by atoms with van der Waals surface area (Å²) in [7, 11) is 0. The van der Waals surface area contributed by atoms with E-state index < -0.39 is 12.3 Å². The highest BCUT2D eigenvalue weighted by Crippen LogP contribution is 2.36. The quantitative estimate of drug-likeness (QED) is 0.428. The summed E-state index contributed by atoms with van der Waals surface area (Å²) in [5, 5.41) is 7.32. The van der Waals surface area contributed by atoms with Gasteiger partial charge in [-0.3, -0.25) is 4.90 Å². The molecule has 1 aliphatic rings. The van der Waals surface area contributed by atoms with Gasteiger partial charge in [-0.05, 0) is 75.5 Å². The summed E-state index contributed by atoms with van der Waals surface area (Å²) in [4.78, 5) is 2.56. The van der Waals surface area contributed by atoms with Crippen molar-refractivity contribution in [3.63, 3.8) is 0 Å². The van der Waals surface area contributed by atoms with E-state index in [0.29, 0.717) is 24.9 Å². The maximum absolute atomic E-state index is 13.7. The second-order valence-corrected chi connectivity index (χ2v) is 9.15. The number of hydrogen-bond acceptors (Lipinski definition) is 2. The topological polar surface area (TPSA) is 27.0 Å². The van der Waals surface area contributed by atoms with Gasteiger partial charge in [0.25, 0.3) is 0 Å². The summed E-state index contributed by atoms with van der Waals surface area (Å²) in [5.74, 6) is 0.160. The average Bonchev–Trinajstić information content (AvgIpc) is 2.79. The molecule has 2 aromatic carbocycles. The van der Waals surface area contributed by atoms with Gasteiger partial charge in [0, 0.05) is 25.6 Å². The number of aryl methyl sites for hydroxylation is 1. The number of rotatable bonds is 8. The fourth-order valence-corrected chi connectivity index (χ4v) is 4.52. The van der Waals surface area contributed by atoms with Gasteiger partial charge in [0.1, 0.15) is 12.3 Å². The Balaban J connectivity index is 0.00000114. The Hall–Kier alpha value is -2.25.